The SMILES string of the molecule is CSC(C)CCNC(=S)NCC(C)C. The normalized spacial score (nSPS) is 12.6. The van der Waals surface area contributed by atoms with Gasteiger partial charge in [-0.1, -0.05) is 20.8 Å². The van der Waals surface area contributed by atoms with E-state index in [1.807, 2.05) is 11.8 Å². The fourth-order valence-electron chi connectivity index (χ4n) is 0.866. The molecule has 1 atom stereocenters. The Balaban J connectivity index is 3.35. The van der Waals surface area contributed by atoms with E-state index >= 15 is 0 Å². The maximum atomic E-state index is 5.13. The molecule has 0 heterocycles. The molecule has 0 bridgehead atoms. The minimum atomic E-state index is 0.639. The van der Waals surface area contributed by atoms with Gasteiger partial charge in [-0.15, -0.1) is 0 Å². The second-order valence-electron chi connectivity index (χ2n) is 3.87. The number of thioether (sulfide) groups is 1. The quantitative estimate of drug-likeness (QED) is 0.688. The van der Waals surface area contributed by atoms with E-state index in [4.69, 9.17) is 12.2 Å². The van der Waals surface area contributed by atoms with E-state index in [1.54, 1.807) is 0 Å². The minimum absolute atomic E-state index is 0.639. The molecule has 0 fully saturated rings. The molecule has 1 unspecified atom stereocenters. The summed E-state index contributed by atoms with van der Waals surface area (Å²) in [7, 11) is 0. The standard InChI is InChI=1S/C10H22N2S2/c1-8(2)7-12-10(13)11-6-5-9(3)14-4/h8-9H,5-7H2,1-4H3,(H2,11,12,13). The highest BCUT2D eigenvalue weighted by Gasteiger charge is 2.00. The van der Waals surface area contributed by atoms with Crippen LogP contribution in [0, 0.1) is 5.92 Å². The third kappa shape index (κ3) is 8.63. The molecule has 0 saturated heterocycles. The molecule has 2 N–H and O–H groups in total. The fraction of sp³-hybridized carbons (Fsp3) is 0.900. The van der Waals surface area contributed by atoms with E-state index in [2.05, 4.69) is 37.7 Å². The highest BCUT2D eigenvalue weighted by Crippen LogP contribution is 2.07. The predicted molar refractivity (Wildman–Crippen MR) is 71.0 cm³/mol. The topological polar surface area (TPSA) is 24.1 Å². The van der Waals surface area contributed by atoms with Gasteiger partial charge in [0.15, 0.2) is 5.11 Å². The molecule has 0 radical (unpaired) electrons. The first-order valence-electron chi connectivity index (χ1n) is 5.10. The highest BCUT2D eigenvalue weighted by molar-refractivity contribution is 7.99. The van der Waals surface area contributed by atoms with Crippen molar-refractivity contribution in [1.82, 2.24) is 10.6 Å². The third-order valence-corrected chi connectivity index (χ3v) is 3.24. The lowest BCUT2D eigenvalue weighted by atomic mass is 10.2. The monoisotopic (exact) mass is 234 g/mol. The first kappa shape index (κ1) is 14.0. The van der Waals surface area contributed by atoms with Gasteiger partial charge in [0, 0.05) is 18.3 Å². The van der Waals surface area contributed by atoms with Gasteiger partial charge in [-0.25, -0.2) is 0 Å². The lowest BCUT2D eigenvalue weighted by Gasteiger charge is -2.13. The van der Waals surface area contributed by atoms with Gasteiger partial charge in [-0.2, -0.15) is 11.8 Å². The van der Waals surface area contributed by atoms with Gasteiger partial charge >= 0.3 is 0 Å². The molecule has 84 valence electrons. The van der Waals surface area contributed by atoms with Crippen molar-refractivity contribution in [1.29, 1.82) is 0 Å². The molecular weight excluding hydrogens is 212 g/mol. The Morgan fingerprint density at radius 2 is 1.93 bits per heavy atom. The Bertz CT molecular complexity index is 160. The Morgan fingerprint density at radius 3 is 2.43 bits per heavy atom. The van der Waals surface area contributed by atoms with Gasteiger partial charge in [0.05, 0.1) is 0 Å². The van der Waals surface area contributed by atoms with Gasteiger partial charge in [0.2, 0.25) is 0 Å². The summed E-state index contributed by atoms with van der Waals surface area (Å²) in [6.07, 6.45) is 3.30. The number of nitrogens with one attached hydrogen (secondary N) is 2. The van der Waals surface area contributed by atoms with Crippen LogP contribution in [0.25, 0.3) is 0 Å². The van der Waals surface area contributed by atoms with E-state index in [0.29, 0.717) is 11.2 Å². The van der Waals surface area contributed by atoms with Gasteiger partial charge in [-0.05, 0) is 30.8 Å². The molecule has 0 aromatic rings. The molecule has 0 aliphatic heterocycles. The molecule has 0 spiro atoms. The number of thiocarbonyl (C=S) groups is 1. The van der Waals surface area contributed by atoms with Crippen molar-refractivity contribution in [2.75, 3.05) is 19.3 Å². The van der Waals surface area contributed by atoms with Crippen LogP contribution in [-0.2, 0) is 0 Å². The summed E-state index contributed by atoms with van der Waals surface area (Å²) in [6, 6.07) is 0. The van der Waals surface area contributed by atoms with E-state index in [1.165, 1.54) is 0 Å². The van der Waals surface area contributed by atoms with Gasteiger partial charge in [0.1, 0.15) is 0 Å². The smallest absolute Gasteiger partial charge is 0.166 e. The summed E-state index contributed by atoms with van der Waals surface area (Å²) < 4.78 is 0. The molecule has 0 aliphatic rings. The van der Waals surface area contributed by atoms with E-state index in [0.717, 1.165) is 24.6 Å². The molecule has 0 aliphatic carbocycles. The van der Waals surface area contributed by atoms with Gasteiger partial charge in [0.25, 0.3) is 0 Å². The Morgan fingerprint density at radius 1 is 1.29 bits per heavy atom. The largest absolute Gasteiger partial charge is 0.363 e. The van der Waals surface area contributed by atoms with Crippen molar-refractivity contribution < 1.29 is 0 Å². The summed E-state index contributed by atoms with van der Waals surface area (Å²) in [5.41, 5.74) is 0. The van der Waals surface area contributed by atoms with Crippen LogP contribution >= 0.6 is 24.0 Å². The molecule has 14 heavy (non-hydrogen) atoms. The Hall–Kier alpha value is 0.0400. The Kier molecular flexibility index (Phi) is 8.38. The molecule has 4 heteroatoms. The summed E-state index contributed by atoms with van der Waals surface area (Å²) in [4.78, 5) is 0. The zero-order valence-corrected chi connectivity index (χ0v) is 11.2. The zero-order chi connectivity index (χ0) is 11.0. The number of hydrogen-bond acceptors (Lipinski definition) is 2. The third-order valence-electron chi connectivity index (χ3n) is 1.91. The van der Waals surface area contributed by atoms with Crippen LogP contribution in [0.2, 0.25) is 0 Å². The van der Waals surface area contributed by atoms with Crippen molar-refractivity contribution in [3.8, 4) is 0 Å². The maximum absolute atomic E-state index is 5.13. The average molecular weight is 234 g/mol. The fourth-order valence-corrected chi connectivity index (χ4v) is 1.41. The van der Waals surface area contributed by atoms with Crippen molar-refractivity contribution in [3.63, 3.8) is 0 Å². The molecule has 0 saturated carbocycles. The van der Waals surface area contributed by atoms with Crippen molar-refractivity contribution in [2.45, 2.75) is 32.4 Å². The number of rotatable bonds is 6. The molecule has 0 aromatic carbocycles. The van der Waals surface area contributed by atoms with Crippen LogP contribution in [-0.4, -0.2) is 29.7 Å². The molecular formula is C10H22N2S2. The predicted octanol–water partition coefficient (Wildman–Crippen LogP) is 2.25. The van der Waals surface area contributed by atoms with Crippen LogP contribution in [0.1, 0.15) is 27.2 Å². The second-order valence-corrected chi connectivity index (χ2v) is 5.55. The van der Waals surface area contributed by atoms with E-state index < -0.39 is 0 Å². The van der Waals surface area contributed by atoms with Crippen LogP contribution in [0.3, 0.4) is 0 Å². The van der Waals surface area contributed by atoms with Crippen LogP contribution in [0.5, 0.6) is 0 Å². The van der Waals surface area contributed by atoms with Crippen LogP contribution in [0.15, 0.2) is 0 Å². The molecule has 0 aromatic heterocycles. The van der Waals surface area contributed by atoms with Gasteiger partial charge in [-0.3, -0.25) is 0 Å². The van der Waals surface area contributed by atoms with Gasteiger partial charge < -0.3 is 10.6 Å². The van der Waals surface area contributed by atoms with Crippen molar-refractivity contribution >= 4 is 29.1 Å². The Labute approximate surface area is 97.6 Å². The van der Waals surface area contributed by atoms with E-state index in [9.17, 15) is 0 Å². The lowest BCUT2D eigenvalue weighted by Crippen LogP contribution is -2.38. The van der Waals surface area contributed by atoms with Crippen LogP contribution in [0.4, 0.5) is 0 Å². The summed E-state index contributed by atoms with van der Waals surface area (Å²) in [6.45, 7) is 8.49. The van der Waals surface area contributed by atoms with Crippen molar-refractivity contribution in [2.24, 2.45) is 5.92 Å². The zero-order valence-electron chi connectivity index (χ0n) is 9.59. The number of hydrogen-bond donors (Lipinski definition) is 2. The summed E-state index contributed by atoms with van der Waals surface area (Å²) in [5, 5.41) is 7.89. The summed E-state index contributed by atoms with van der Waals surface area (Å²) >= 11 is 7.02. The first-order valence-corrected chi connectivity index (χ1v) is 6.80. The molecule has 0 amide bonds. The minimum Gasteiger partial charge on any atom is -0.363 e. The highest BCUT2D eigenvalue weighted by atomic mass is 32.2. The summed E-state index contributed by atoms with van der Waals surface area (Å²) in [5.74, 6) is 0.639. The second kappa shape index (κ2) is 8.36. The first-order chi connectivity index (χ1) is 6.56. The molecule has 0 rings (SSSR count). The van der Waals surface area contributed by atoms with E-state index in [-0.39, 0.29) is 0 Å². The lowest BCUT2D eigenvalue weighted by molar-refractivity contribution is 0.617. The maximum Gasteiger partial charge on any atom is 0.166 e. The van der Waals surface area contributed by atoms with Crippen molar-refractivity contribution in [3.05, 3.63) is 0 Å². The average Bonchev–Trinajstić information content (AvgIpc) is 2.14. The van der Waals surface area contributed by atoms with Crippen LogP contribution < -0.4 is 10.6 Å². The molecule has 2 nitrogen and oxygen atoms in total.